The van der Waals surface area contributed by atoms with E-state index in [0.717, 1.165) is 25.8 Å². The molecule has 0 radical (unpaired) electrons. The molecule has 0 aromatic heterocycles. The van der Waals surface area contributed by atoms with Gasteiger partial charge in [0.2, 0.25) is 5.91 Å². The number of carboxylic acid groups (broad SMARTS) is 1. The normalized spacial score (nSPS) is 29.5. The highest BCUT2D eigenvalue weighted by molar-refractivity contribution is 5.92. The molecule has 0 bridgehead atoms. The fourth-order valence-corrected chi connectivity index (χ4v) is 3.10. The Balaban J connectivity index is 2.13. The SMILES string of the molecule is CC(C)CC(C(=O)O)N1CCC2(CCCN2)C1=O. The van der Waals surface area contributed by atoms with Gasteiger partial charge in [-0.2, -0.15) is 0 Å². The molecular weight excluding hydrogens is 232 g/mol. The van der Waals surface area contributed by atoms with Gasteiger partial charge in [0.25, 0.3) is 0 Å². The molecular formula is C13H22N2O3. The van der Waals surface area contributed by atoms with E-state index >= 15 is 0 Å². The zero-order valence-electron chi connectivity index (χ0n) is 11.1. The molecule has 2 aliphatic heterocycles. The van der Waals surface area contributed by atoms with Crippen molar-refractivity contribution in [2.75, 3.05) is 13.1 Å². The van der Waals surface area contributed by atoms with E-state index < -0.39 is 17.6 Å². The molecule has 0 saturated carbocycles. The number of aliphatic carboxylic acids is 1. The summed E-state index contributed by atoms with van der Waals surface area (Å²) in [5.74, 6) is -0.618. The topological polar surface area (TPSA) is 69.6 Å². The second-order valence-electron chi connectivity index (χ2n) is 5.84. The first-order valence-corrected chi connectivity index (χ1v) is 6.75. The number of likely N-dealkylation sites (tertiary alicyclic amines) is 1. The van der Waals surface area contributed by atoms with Gasteiger partial charge in [-0.3, -0.25) is 4.79 Å². The van der Waals surface area contributed by atoms with Crippen molar-refractivity contribution in [2.24, 2.45) is 5.92 Å². The monoisotopic (exact) mass is 254 g/mol. The van der Waals surface area contributed by atoms with Crippen LogP contribution in [0.4, 0.5) is 0 Å². The number of nitrogens with zero attached hydrogens (tertiary/aromatic N) is 1. The molecule has 0 aromatic rings. The molecule has 2 atom stereocenters. The third-order valence-electron chi connectivity index (χ3n) is 4.05. The molecule has 0 aliphatic carbocycles. The van der Waals surface area contributed by atoms with E-state index in [2.05, 4.69) is 5.32 Å². The smallest absolute Gasteiger partial charge is 0.326 e. The summed E-state index contributed by atoms with van der Waals surface area (Å²) in [6.45, 7) is 5.40. The largest absolute Gasteiger partial charge is 0.480 e. The molecule has 2 fully saturated rings. The van der Waals surface area contributed by atoms with Gasteiger partial charge in [-0.25, -0.2) is 4.79 Å². The van der Waals surface area contributed by atoms with Crippen molar-refractivity contribution < 1.29 is 14.7 Å². The average Bonchev–Trinajstić information content (AvgIpc) is 2.87. The number of rotatable bonds is 4. The minimum Gasteiger partial charge on any atom is -0.480 e. The van der Waals surface area contributed by atoms with Gasteiger partial charge in [-0.15, -0.1) is 0 Å². The Labute approximate surface area is 108 Å². The lowest BCUT2D eigenvalue weighted by molar-refractivity contribution is -0.150. The lowest BCUT2D eigenvalue weighted by atomic mass is 9.95. The Kier molecular flexibility index (Phi) is 3.61. The van der Waals surface area contributed by atoms with Crippen molar-refractivity contribution in [1.82, 2.24) is 10.2 Å². The third kappa shape index (κ3) is 2.23. The van der Waals surface area contributed by atoms with E-state index in [1.165, 1.54) is 0 Å². The number of nitrogens with one attached hydrogen (secondary N) is 1. The van der Waals surface area contributed by atoms with Crippen molar-refractivity contribution in [1.29, 1.82) is 0 Å². The van der Waals surface area contributed by atoms with Crippen LogP contribution in [0.2, 0.25) is 0 Å². The summed E-state index contributed by atoms with van der Waals surface area (Å²) < 4.78 is 0. The molecule has 102 valence electrons. The Morgan fingerprint density at radius 3 is 2.72 bits per heavy atom. The van der Waals surface area contributed by atoms with Crippen LogP contribution >= 0.6 is 0 Å². The molecule has 5 nitrogen and oxygen atoms in total. The molecule has 2 saturated heterocycles. The number of carbonyl (C=O) groups excluding carboxylic acids is 1. The lowest BCUT2D eigenvalue weighted by Crippen LogP contribution is -2.51. The first-order valence-electron chi connectivity index (χ1n) is 6.75. The highest BCUT2D eigenvalue weighted by atomic mass is 16.4. The molecule has 2 heterocycles. The van der Waals surface area contributed by atoms with E-state index in [-0.39, 0.29) is 11.8 Å². The van der Waals surface area contributed by atoms with Gasteiger partial charge < -0.3 is 15.3 Å². The number of amides is 1. The van der Waals surface area contributed by atoms with Crippen molar-refractivity contribution in [3.8, 4) is 0 Å². The average molecular weight is 254 g/mol. The summed E-state index contributed by atoms with van der Waals surface area (Å²) >= 11 is 0. The van der Waals surface area contributed by atoms with E-state index in [0.29, 0.717) is 13.0 Å². The van der Waals surface area contributed by atoms with Crippen LogP contribution in [-0.2, 0) is 9.59 Å². The van der Waals surface area contributed by atoms with Gasteiger partial charge in [0.1, 0.15) is 6.04 Å². The minimum absolute atomic E-state index is 0.00644. The number of carbonyl (C=O) groups is 2. The van der Waals surface area contributed by atoms with E-state index in [1.54, 1.807) is 4.90 Å². The second kappa shape index (κ2) is 4.88. The van der Waals surface area contributed by atoms with Crippen LogP contribution in [0.1, 0.15) is 39.5 Å². The molecule has 2 N–H and O–H groups in total. The quantitative estimate of drug-likeness (QED) is 0.780. The summed E-state index contributed by atoms with van der Waals surface area (Å²) in [6.07, 6.45) is 3.11. The Hall–Kier alpha value is -1.10. The van der Waals surface area contributed by atoms with Gasteiger partial charge in [-0.05, 0) is 38.1 Å². The molecule has 0 aromatic carbocycles. The second-order valence-corrected chi connectivity index (χ2v) is 5.84. The summed E-state index contributed by atoms with van der Waals surface area (Å²) in [7, 11) is 0. The van der Waals surface area contributed by atoms with E-state index in [1.807, 2.05) is 13.8 Å². The Bertz CT molecular complexity index is 348. The predicted molar refractivity (Wildman–Crippen MR) is 67.2 cm³/mol. The Morgan fingerprint density at radius 1 is 1.50 bits per heavy atom. The zero-order chi connectivity index (χ0) is 13.3. The van der Waals surface area contributed by atoms with Crippen molar-refractivity contribution in [3.05, 3.63) is 0 Å². The molecule has 1 amide bonds. The molecule has 2 rings (SSSR count). The fourth-order valence-electron chi connectivity index (χ4n) is 3.10. The maximum atomic E-state index is 12.5. The first-order chi connectivity index (χ1) is 8.46. The van der Waals surface area contributed by atoms with Crippen LogP contribution in [0.3, 0.4) is 0 Å². The zero-order valence-corrected chi connectivity index (χ0v) is 11.1. The number of carboxylic acids is 1. The van der Waals surface area contributed by atoms with Crippen LogP contribution in [-0.4, -0.2) is 46.6 Å². The lowest BCUT2D eigenvalue weighted by Gasteiger charge is -2.28. The maximum absolute atomic E-state index is 12.5. The van der Waals surface area contributed by atoms with E-state index in [4.69, 9.17) is 0 Å². The summed E-state index contributed by atoms with van der Waals surface area (Å²) in [6, 6.07) is -0.667. The maximum Gasteiger partial charge on any atom is 0.326 e. The van der Waals surface area contributed by atoms with Gasteiger partial charge >= 0.3 is 5.97 Å². The Morgan fingerprint density at radius 2 is 2.22 bits per heavy atom. The molecule has 2 aliphatic rings. The summed E-state index contributed by atoms with van der Waals surface area (Å²) in [4.78, 5) is 25.4. The standard InChI is InChI=1S/C13H22N2O3/c1-9(2)8-10(11(16)17)15-7-5-13(12(15)18)4-3-6-14-13/h9-10,14H,3-8H2,1-2H3,(H,16,17). The molecule has 5 heteroatoms. The van der Waals surface area contributed by atoms with Crippen LogP contribution in [0, 0.1) is 5.92 Å². The van der Waals surface area contributed by atoms with E-state index in [9.17, 15) is 14.7 Å². The molecule has 2 unspecified atom stereocenters. The van der Waals surface area contributed by atoms with Gasteiger partial charge in [0.05, 0.1) is 5.54 Å². The van der Waals surface area contributed by atoms with Crippen LogP contribution in [0.25, 0.3) is 0 Å². The van der Waals surface area contributed by atoms with Gasteiger partial charge in [-0.1, -0.05) is 13.8 Å². The van der Waals surface area contributed by atoms with Gasteiger partial charge in [0, 0.05) is 6.54 Å². The highest BCUT2D eigenvalue weighted by Crippen LogP contribution is 2.33. The van der Waals surface area contributed by atoms with Crippen molar-refractivity contribution in [2.45, 2.75) is 51.1 Å². The molecule has 1 spiro atoms. The first kappa shape index (κ1) is 13.3. The predicted octanol–water partition coefficient (Wildman–Crippen LogP) is 0.840. The van der Waals surface area contributed by atoms with Crippen LogP contribution < -0.4 is 5.32 Å². The molecule has 18 heavy (non-hydrogen) atoms. The highest BCUT2D eigenvalue weighted by Gasteiger charge is 2.50. The number of hydrogen-bond donors (Lipinski definition) is 2. The van der Waals surface area contributed by atoms with Crippen molar-refractivity contribution >= 4 is 11.9 Å². The summed E-state index contributed by atoms with van der Waals surface area (Å²) in [5, 5.41) is 12.6. The fraction of sp³-hybridized carbons (Fsp3) is 0.846. The van der Waals surface area contributed by atoms with Crippen molar-refractivity contribution in [3.63, 3.8) is 0 Å². The summed E-state index contributed by atoms with van der Waals surface area (Å²) in [5.41, 5.74) is -0.454. The number of hydrogen-bond acceptors (Lipinski definition) is 3. The van der Waals surface area contributed by atoms with Crippen LogP contribution in [0.15, 0.2) is 0 Å². The third-order valence-corrected chi connectivity index (χ3v) is 4.05. The van der Waals surface area contributed by atoms with Crippen LogP contribution in [0.5, 0.6) is 0 Å². The minimum atomic E-state index is -0.882. The van der Waals surface area contributed by atoms with Gasteiger partial charge in [0.15, 0.2) is 0 Å².